The molecule has 3 rings (SSSR count). The molecule has 2 amide bonds. The Bertz CT molecular complexity index is 1100. The third kappa shape index (κ3) is 5.66. The van der Waals surface area contributed by atoms with Crippen LogP contribution in [0.1, 0.15) is 0 Å². The number of hydrogen-bond acceptors (Lipinski definition) is 8. The maximum absolute atomic E-state index is 12.7. The maximum atomic E-state index is 12.7. The predicted octanol–water partition coefficient (Wildman–Crippen LogP) is 1.87. The number of amides is 2. The minimum atomic E-state index is -3.88. The van der Waals surface area contributed by atoms with E-state index in [0.29, 0.717) is 22.2 Å². The molecular weight excluding hydrogens is 478 g/mol. The molecule has 1 fully saturated rings. The molecule has 2 aromatic carbocycles. The molecule has 9 nitrogen and oxygen atoms in total. The first-order valence-corrected chi connectivity index (χ1v) is 12.4. The number of hydrogen-bond donors (Lipinski definition) is 3. The fourth-order valence-corrected chi connectivity index (χ4v) is 5.43. The molecular formula is C20H22ClN3O6S2. The number of anilines is 1. The van der Waals surface area contributed by atoms with Crippen molar-refractivity contribution in [2.45, 2.75) is 15.6 Å². The molecule has 1 aliphatic rings. The van der Waals surface area contributed by atoms with Crippen LogP contribution in [-0.4, -0.2) is 57.5 Å². The van der Waals surface area contributed by atoms with Gasteiger partial charge in [-0.2, -0.15) is 0 Å². The lowest BCUT2D eigenvalue weighted by atomic mass is 10.2. The van der Waals surface area contributed by atoms with E-state index >= 15 is 0 Å². The van der Waals surface area contributed by atoms with E-state index in [0.717, 1.165) is 11.8 Å². The summed E-state index contributed by atoms with van der Waals surface area (Å²) in [5.74, 6) is 0.121. The second kappa shape index (κ2) is 10.4. The number of benzene rings is 2. The Balaban J connectivity index is 1.53. The number of carbonyl (C=O) groups excluding carboxylic acids is 2. The average molecular weight is 500 g/mol. The summed E-state index contributed by atoms with van der Waals surface area (Å²) in [6.07, 6.45) is 0. The summed E-state index contributed by atoms with van der Waals surface area (Å²) in [5, 5.41) is 7.41. The summed E-state index contributed by atoms with van der Waals surface area (Å²) < 4.78 is 35.9. The molecule has 0 bridgehead atoms. The molecule has 0 aliphatic carbocycles. The molecule has 32 heavy (non-hydrogen) atoms. The number of nitrogens with one attached hydrogen (secondary N) is 3. The van der Waals surface area contributed by atoms with Gasteiger partial charge in [-0.3, -0.25) is 14.9 Å². The Morgan fingerprint density at radius 2 is 1.84 bits per heavy atom. The largest absolute Gasteiger partial charge is 0.493 e. The number of halogens is 1. The van der Waals surface area contributed by atoms with Crippen molar-refractivity contribution >= 4 is 50.7 Å². The van der Waals surface area contributed by atoms with Gasteiger partial charge in [0.05, 0.1) is 24.9 Å². The molecule has 0 saturated carbocycles. The molecule has 1 heterocycles. The number of ether oxygens (including phenoxy) is 2. The second-order valence-electron chi connectivity index (χ2n) is 6.71. The number of thioether (sulfide) groups is 1. The van der Waals surface area contributed by atoms with Crippen molar-refractivity contribution in [1.82, 2.24) is 10.6 Å². The molecule has 172 valence electrons. The Kier molecular flexibility index (Phi) is 7.88. The lowest BCUT2D eigenvalue weighted by molar-refractivity contribution is -0.122. The van der Waals surface area contributed by atoms with E-state index in [-0.39, 0.29) is 23.1 Å². The summed E-state index contributed by atoms with van der Waals surface area (Å²) in [7, 11) is -0.865. The fraction of sp³-hybridized carbons (Fsp3) is 0.300. The first-order valence-electron chi connectivity index (χ1n) is 9.41. The van der Waals surface area contributed by atoms with Crippen molar-refractivity contribution in [3.8, 4) is 11.5 Å². The van der Waals surface area contributed by atoms with Gasteiger partial charge in [0.25, 0.3) is 0 Å². The number of carbonyl (C=O) groups is 2. The predicted molar refractivity (Wildman–Crippen MR) is 123 cm³/mol. The van der Waals surface area contributed by atoms with E-state index in [1.54, 1.807) is 18.2 Å². The fourth-order valence-electron chi connectivity index (χ4n) is 2.99. The number of sulfone groups is 1. The third-order valence-electron chi connectivity index (χ3n) is 4.62. The summed E-state index contributed by atoms with van der Waals surface area (Å²) in [6.45, 7) is -0.0776. The highest BCUT2D eigenvalue weighted by Crippen LogP contribution is 2.30. The summed E-state index contributed by atoms with van der Waals surface area (Å²) in [6, 6.07) is 10.6. The van der Waals surface area contributed by atoms with Crippen LogP contribution in [0.5, 0.6) is 11.5 Å². The van der Waals surface area contributed by atoms with Gasteiger partial charge in [0, 0.05) is 23.3 Å². The minimum Gasteiger partial charge on any atom is -0.493 e. The van der Waals surface area contributed by atoms with E-state index in [1.807, 2.05) is 0 Å². The van der Waals surface area contributed by atoms with Crippen molar-refractivity contribution in [3.63, 3.8) is 0 Å². The van der Waals surface area contributed by atoms with Crippen LogP contribution in [-0.2, 0) is 19.4 Å². The van der Waals surface area contributed by atoms with Gasteiger partial charge in [0.15, 0.2) is 26.6 Å². The van der Waals surface area contributed by atoms with Gasteiger partial charge in [-0.05, 0) is 36.4 Å². The van der Waals surface area contributed by atoms with Crippen LogP contribution in [0.25, 0.3) is 0 Å². The Hall–Kier alpha value is -2.47. The Labute approximate surface area is 195 Å². The van der Waals surface area contributed by atoms with E-state index in [4.69, 9.17) is 21.1 Å². The van der Waals surface area contributed by atoms with Crippen LogP contribution in [0.3, 0.4) is 0 Å². The maximum Gasteiger partial charge on any atom is 0.241 e. The Morgan fingerprint density at radius 3 is 2.47 bits per heavy atom. The third-order valence-corrected chi connectivity index (χ3v) is 7.98. The van der Waals surface area contributed by atoms with Crippen LogP contribution in [0.4, 0.5) is 5.69 Å². The van der Waals surface area contributed by atoms with Crippen molar-refractivity contribution in [3.05, 3.63) is 47.5 Å². The molecule has 2 aromatic rings. The van der Waals surface area contributed by atoms with Crippen molar-refractivity contribution in [1.29, 1.82) is 0 Å². The zero-order valence-corrected chi connectivity index (χ0v) is 19.6. The van der Waals surface area contributed by atoms with Crippen LogP contribution in [0.2, 0.25) is 5.02 Å². The average Bonchev–Trinajstić information content (AvgIpc) is 2.77. The smallest absolute Gasteiger partial charge is 0.241 e. The van der Waals surface area contributed by atoms with Crippen molar-refractivity contribution in [2.75, 3.05) is 31.8 Å². The Morgan fingerprint density at radius 1 is 1.16 bits per heavy atom. The highest BCUT2D eigenvalue weighted by molar-refractivity contribution is 8.00. The lowest BCUT2D eigenvalue weighted by Crippen LogP contribution is -2.59. The van der Waals surface area contributed by atoms with Crippen LogP contribution in [0, 0.1) is 0 Å². The van der Waals surface area contributed by atoms with Gasteiger partial charge in [0.2, 0.25) is 11.8 Å². The van der Waals surface area contributed by atoms with Crippen molar-refractivity contribution < 1.29 is 27.5 Å². The standard InChI is InChI=1S/C20H22ClN3O6S2/c1-29-15-8-5-13(9-16(15)30-2)23-18(25)11-31-20-22-10-17(19(26)24-20)32(27,28)14-6-3-12(21)4-7-14/h3-9,17,20,22H,10-11H2,1-2H3,(H,23,25)(H,24,26). The van der Waals surface area contributed by atoms with E-state index in [2.05, 4.69) is 16.0 Å². The zero-order valence-electron chi connectivity index (χ0n) is 17.3. The minimum absolute atomic E-state index is 0.0178. The monoisotopic (exact) mass is 499 g/mol. The molecule has 1 saturated heterocycles. The molecule has 1 aliphatic heterocycles. The molecule has 0 radical (unpaired) electrons. The highest BCUT2D eigenvalue weighted by Gasteiger charge is 2.38. The number of rotatable bonds is 8. The van der Waals surface area contributed by atoms with Crippen LogP contribution >= 0.6 is 23.4 Å². The van der Waals surface area contributed by atoms with Gasteiger partial charge in [-0.15, -0.1) is 11.8 Å². The molecule has 3 N–H and O–H groups in total. The van der Waals surface area contributed by atoms with Gasteiger partial charge < -0.3 is 20.1 Å². The van der Waals surface area contributed by atoms with E-state index in [1.165, 1.54) is 38.5 Å². The molecule has 12 heteroatoms. The van der Waals surface area contributed by atoms with Gasteiger partial charge >= 0.3 is 0 Å². The van der Waals surface area contributed by atoms with E-state index in [9.17, 15) is 18.0 Å². The molecule has 0 aromatic heterocycles. The SMILES string of the molecule is COc1ccc(NC(=O)CSC2NCC(S(=O)(=O)c3ccc(Cl)cc3)C(=O)N2)cc1OC. The van der Waals surface area contributed by atoms with Crippen LogP contribution < -0.4 is 25.4 Å². The topological polar surface area (TPSA) is 123 Å². The number of methoxy groups -OCH3 is 2. The van der Waals surface area contributed by atoms with Crippen molar-refractivity contribution in [2.24, 2.45) is 0 Å². The van der Waals surface area contributed by atoms with Gasteiger partial charge in [0.1, 0.15) is 5.50 Å². The molecule has 0 spiro atoms. The second-order valence-corrected chi connectivity index (χ2v) is 10.4. The quantitative estimate of drug-likeness (QED) is 0.503. The summed E-state index contributed by atoms with van der Waals surface area (Å²) >= 11 is 6.93. The lowest BCUT2D eigenvalue weighted by Gasteiger charge is -2.29. The first-order chi connectivity index (χ1) is 15.2. The molecule has 2 unspecified atom stereocenters. The van der Waals surface area contributed by atoms with Gasteiger partial charge in [-0.25, -0.2) is 8.42 Å². The normalized spacial score (nSPS) is 18.5. The van der Waals surface area contributed by atoms with E-state index < -0.39 is 26.5 Å². The molecule has 2 atom stereocenters. The van der Waals surface area contributed by atoms with Crippen LogP contribution in [0.15, 0.2) is 47.4 Å². The summed E-state index contributed by atoms with van der Waals surface area (Å²) in [5.41, 5.74) is -0.0710. The first kappa shape index (κ1) is 24.2. The highest BCUT2D eigenvalue weighted by atomic mass is 35.5. The zero-order chi connectivity index (χ0) is 23.3. The summed E-state index contributed by atoms with van der Waals surface area (Å²) in [4.78, 5) is 24.8. The van der Waals surface area contributed by atoms with Gasteiger partial charge in [-0.1, -0.05) is 11.6 Å².